The molecule has 3 nitrogen and oxygen atoms in total. The second-order valence-corrected chi connectivity index (χ2v) is 4.18. The standard InChI is InChI=1S/C12H17ClN2O/c1-3-4-8(2)16-9-5-6-10(12(14)15)11(13)7-9/h5-8H,3-4H2,1-2H3,(H3,14,15). The van der Waals surface area contributed by atoms with Crippen molar-refractivity contribution in [3.05, 3.63) is 28.8 Å². The Hall–Kier alpha value is -1.22. The van der Waals surface area contributed by atoms with Crippen molar-refractivity contribution in [2.45, 2.75) is 32.8 Å². The van der Waals surface area contributed by atoms with Crippen LogP contribution >= 0.6 is 11.6 Å². The number of hydrogen-bond acceptors (Lipinski definition) is 2. The van der Waals surface area contributed by atoms with E-state index in [0.29, 0.717) is 10.6 Å². The summed E-state index contributed by atoms with van der Waals surface area (Å²) in [5, 5.41) is 7.76. The fraction of sp³-hybridized carbons (Fsp3) is 0.417. The Labute approximate surface area is 101 Å². The summed E-state index contributed by atoms with van der Waals surface area (Å²) in [6.07, 6.45) is 2.26. The van der Waals surface area contributed by atoms with Crippen LogP contribution in [0.3, 0.4) is 0 Å². The molecule has 0 aromatic heterocycles. The highest BCUT2D eigenvalue weighted by Gasteiger charge is 2.07. The zero-order valence-corrected chi connectivity index (χ0v) is 10.3. The summed E-state index contributed by atoms with van der Waals surface area (Å²) < 4.78 is 5.67. The van der Waals surface area contributed by atoms with Gasteiger partial charge >= 0.3 is 0 Å². The van der Waals surface area contributed by atoms with Crippen molar-refractivity contribution in [1.82, 2.24) is 0 Å². The van der Waals surface area contributed by atoms with Gasteiger partial charge < -0.3 is 10.5 Å². The van der Waals surface area contributed by atoms with E-state index in [9.17, 15) is 0 Å². The van der Waals surface area contributed by atoms with E-state index in [0.717, 1.165) is 18.6 Å². The molecule has 1 aromatic carbocycles. The van der Waals surface area contributed by atoms with Crippen LogP contribution in [0.4, 0.5) is 0 Å². The number of nitrogens with one attached hydrogen (secondary N) is 1. The van der Waals surface area contributed by atoms with Crippen LogP contribution in [0.2, 0.25) is 5.02 Å². The van der Waals surface area contributed by atoms with Crippen LogP contribution in [-0.4, -0.2) is 11.9 Å². The zero-order chi connectivity index (χ0) is 12.1. The van der Waals surface area contributed by atoms with Gasteiger partial charge in [-0.25, -0.2) is 0 Å². The third kappa shape index (κ3) is 3.42. The molecule has 0 saturated carbocycles. The predicted octanol–water partition coefficient (Wildman–Crippen LogP) is 3.19. The monoisotopic (exact) mass is 240 g/mol. The maximum Gasteiger partial charge on any atom is 0.124 e. The molecule has 88 valence electrons. The first-order valence-corrected chi connectivity index (χ1v) is 5.73. The van der Waals surface area contributed by atoms with Crippen molar-refractivity contribution in [3.8, 4) is 5.75 Å². The second-order valence-electron chi connectivity index (χ2n) is 3.77. The minimum absolute atomic E-state index is 0.0295. The number of nitrogens with two attached hydrogens (primary N) is 1. The third-order valence-electron chi connectivity index (χ3n) is 2.26. The maximum absolute atomic E-state index is 7.31. The van der Waals surface area contributed by atoms with Crippen LogP contribution in [0.25, 0.3) is 0 Å². The van der Waals surface area contributed by atoms with E-state index in [4.69, 9.17) is 27.5 Å². The quantitative estimate of drug-likeness (QED) is 0.613. The van der Waals surface area contributed by atoms with E-state index in [1.165, 1.54) is 0 Å². The summed E-state index contributed by atoms with van der Waals surface area (Å²) in [7, 11) is 0. The molecule has 16 heavy (non-hydrogen) atoms. The molecule has 0 aliphatic heterocycles. The average molecular weight is 241 g/mol. The lowest BCUT2D eigenvalue weighted by Crippen LogP contribution is -2.13. The molecule has 1 rings (SSSR count). The van der Waals surface area contributed by atoms with Crippen molar-refractivity contribution in [2.75, 3.05) is 0 Å². The SMILES string of the molecule is CCCC(C)Oc1ccc(C(=N)N)c(Cl)c1. The van der Waals surface area contributed by atoms with Gasteiger partial charge in [-0.3, -0.25) is 5.41 Å². The van der Waals surface area contributed by atoms with Crippen molar-refractivity contribution in [3.63, 3.8) is 0 Å². The highest BCUT2D eigenvalue weighted by atomic mass is 35.5. The van der Waals surface area contributed by atoms with Crippen LogP contribution in [0, 0.1) is 5.41 Å². The Morgan fingerprint density at radius 3 is 2.75 bits per heavy atom. The minimum Gasteiger partial charge on any atom is -0.491 e. The van der Waals surface area contributed by atoms with Gasteiger partial charge in [0.15, 0.2) is 0 Å². The lowest BCUT2D eigenvalue weighted by molar-refractivity contribution is 0.210. The van der Waals surface area contributed by atoms with Gasteiger partial charge in [0.2, 0.25) is 0 Å². The molecule has 0 bridgehead atoms. The van der Waals surface area contributed by atoms with Crippen molar-refractivity contribution < 1.29 is 4.74 Å². The van der Waals surface area contributed by atoms with E-state index < -0.39 is 0 Å². The molecule has 0 aliphatic carbocycles. The first kappa shape index (κ1) is 12.8. The lowest BCUT2D eigenvalue weighted by Gasteiger charge is -2.14. The molecule has 0 amide bonds. The summed E-state index contributed by atoms with van der Waals surface area (Å²) in [6.45, 7) is 4.14. The minimum atomic E-state index is -0.0295. The molecule has 1 aromatic rings. The molecule has 4 heteroatoms. The number of halogens is 1. The Bertz CT molecular complexity index is 379. The van der Waals surface area contributed by atoms with Gasteiger partial charge in [0.05, 0.1) is 11.1 Å². The molecule has 0 heterocycles. The summed E-state index contributed by atoms with van der Waals surface area (Å²) >= 11 is 5.98. The van der Waals surface area contributed by atoms with E-state index in [1.807, 2.05) is 6.92 Å². The molecular weight excluding hydrogens is 224 g/mol. The van der Waals surface area contributed by atoms with Gasteiger partial charge in [0, 0.05) is 5.56 Å². The first-order valence-electron chi connectivity index (χ1n) is 5.35. The summed E-state index contributed by atoms with van der Waals surface area (Å²) in [6, 6.07) is 5.19. The Kier molecular flexibility index (Phi) is 4.62. The number of benzene rings is 1. The normalized spacial score (nSPS) is 12.2. The highest BCUT2D eigenvalue weighted by molar-refractivity contribution is 6.34. The largest absolute Gasteiger partial charge is 0.491 e. The van der Waals surface area contributed by atoms with Gasteiger partial charge in [-0.1, -0.05) is 24.9 Å². The molecule has 0 fully saturated rings. The highest BCUT2D eigenvalue weighted by Crippen LogP contribution is 2.23. The van der Waals surface area contributed by atoms with E-state index in [-0.39, 0.29) is 11.9 Å². The maximum atomic E-state index is 7.31. The second kappa shape index (κ2) is 5.75. The predicted molar refractivity (Wildman–Crippen MR) is 67.5 cm³/mol. The van der Waals surface area contributed by atoms with Crippen LogP contribution < -0.4 is 10.5 Å². The van der Waals surface area contributed by atoms with E-state index in [2.05, 4.69) is 6.92 Å². The Morgan fingerprint density at radius 1 is 1.56 bits per heavy atom. The number of rotatable bonds is 5. The lowest BCUT2D eigenvalue weighted by atomic mass is 10.2. The van der Waals surface area contributed by atoms with Gasteiger partial charge in [-0.2, -0.15) is 0 Å². The van der Waals surface area contributed by atoms with Crippen LogP contribution in [0.5, 0.6) is 5.75 Å². The van der Waals surface area contributed by atoms with Crippen LogP contribution in [-0.2, 0) is 0 Å². The number of amidine groups is 1. The zero-order valence-electron chi connectivity index (χ0n) is 9.59. The summed E-state index contributed by atoms with van der Waals surface area (Å²) in [5.41, 5.74) is 5.91. The molecule has 3 N–H and O–H groups in total. The molecular formula is C12H17ClN2O. The number of ether oxygens (including phenoxy) is 1. The van der Waals surface area contributed by atoms with Crippen molar-refractivity contribution in [2.24, 2.45) is 5.73 Å². The Balaban J connectivity index is 2.77. The fourth-order valence-electron chi connectivity index (χ4n) is 1.49. The molecule has 1 unspecified atom stereocenters. The van der Waals surface area contributed by atoms with Gasteiger partial charge in [0.1, 0.15) is 11.6 Å². The van der Waals surface area contributed by atoms with Gasteiger partial charge in [-0.15, -0.1) is 0 Å². The summed E-state index contributed by atoms with van der Waals surface area (Å²) in [4.78, 5) is 0. The number of nitrogen functional groups attached to an aromatic ring is 1. The van der Waals surface area contributed by atoms with Gasteiger partial charge in [-0.05, 0) is 31.5 Å². The fourth-order valence-corrected chi connectivity index (χ4v) is 1.76. The van der Waals surface area contributed by atoms with Crippen molar-refractivity contribution >= 4 is 17.4 Å². The third-order valence-corrected chi connectivity index (χ3v) is 2.58. The van der Waals surface area contributed by atoms with E-state index >= 15 is 0 Å². The van der Waals surface area contributed by atoms with Crippen molar-refractivity contribution in [1.29, 1.82) is 5.41 Å². The average Bonchev–Trinajstić information content (AvgIpc) is 2.17. The van der Waals surface area contributed by atoms with Crippen LogP contribution in [0.15, 0.2) is 18.2 Å². The molecule has 0 saturated heterocycles. The first-order chi connectivity index (χ1) is 7.54. The van der Waals surface area contributed by atoms with Gasteiger partial charge in [0.25, 0.3) is 0 Å². The smallest absolute Gasteiger partial charge is 0.124 e. The molecule has 0 radical (unpaired) electrons. The molecule has 0 spiro atoms. The topological polar surface area (TPSA) is 59.1 Å². The van der Waals surface area contributed by atoms with E-state index in [1.54, 1.807) is 18.2 Å². The molecule has 0 aliphatic rings. The number of hydrogen-bond donors (Lipinski definition) is 2. The van der Waals surface area contributed by atoms with Crippen LogP contribution in [0.1, 0.15) is 32.3 Å². The summed E-state index contributed by atoms with van der Waals surface area (Å²) in [5.74, 6) is 0.689. The Morgan fingerprint density at radius 2 is 2.25 bits per heavy atom. The molecule has 1 atom stereocenters.